The third kappa shape index (κ3) is 4.97. The van der Waals surface area contributed by atoms with Crippen LogP contribution in [-0.2, 0) is 21.2 Å². The number of hydrogen-bond donors (Lipinski definition) is 1. The number of sulfonamides is 1. The van der Waals surface area contributed by atoms with E-state index < -0.39 is 16.1 Å². The number of nitrogens with one attached hydrogen (secondary N) is 1. The first-order valence-electron chi connectivity index (χ1n) is 9.89. The second-order valence-corrected chi connectivity index (χ2v) is 9.65. The van der Waals surface area contributed by atoms with Crippen molar-refractivity contribution in [2.24, 2.45) is 0 Å². The lowest BCUT2D eigenvalue weighted by Gasteiger charge is -2.27. The summed E-state index contributed by atoms with van der Waals surface area (Å²) in [5.41, 5.74) is 3.29. The Kier molecular flexibility index (Phi) is 6.59. The predicted molar refractivity (Wildman–Crippen MR) is 116 cm³/mol. The summed E-state index contributed by atoms with van der Waals surface area (Å²) in [6.45, 7) is 3.55. The second-order valence-electron chi connectivity index (χ2n) is 7.61. The molecule has 6 nitrogen and oxygen atoms in total. The Bertz CT molecular complexity index is 947. The van der Waals surface area contributed by atoms with Crippen LogP contribution >= 0.6 is 0 Å². The fourth-order valence-electron chi connectivity index (χ4n) is 3.88. The molecule has 0 saturated carbocycles. The fraction of sp³-hybridized carbons (Fsp3) is 0.409. The average molecular weight is 416 g/mol. The lowest BCUT2D eigenvalue weighted by atomic mass is 10.1. The first-order valence-corrected chi connectivity index (χ1v) is 11.7. The molecular weight excluding hydrogens is 386 g/mol. The Morgan fingerprint density at radius 2 is 1.83 bits per heavy atom. The lowest BCUT2D eigenvalue weighted by Crippen LogP contribution is -2.42. The maximum absolute atomic E-state index is 12.9. The van der Waals surface area contributed by atoms with Crippen LogP contribution in [0.5, 0.6) is 0 Å². The normalized spacial score (nSPS) is 17.2. The number of hydrogen-bond acceptors (Lipinski definition) is 4. The van der Waals surface area contributed by atoms with Crippen LogP contribution in [0.3, 0.4) is 0 Å². The minimum Gasteiger partial charge on any atom is -0.368 e. The summed E-state index contributed by atoms with van der Waals surface area (Å²) in [7, 11) is -2.08. The molecule has 0 aromatic heterocycles. The van der Waals surface area contributed by atoms with Gasteiger partial charge in [0, 0.05) is 31.9 Å². The molecule has 29 heavy (non-hydrogen) atoms. The van der Waals surface area contributed by atoms with E-state index in [0.29, 0.717) is 18.2 Å². The zero-order chi connectivity index (χ0) is 21.0. The standard InChI is InChI=1S/C22H29N3O3S/c1-17-16-19-12-7-8-13-20(19)25(17)15-9-14-23-22(26)21(24(2)29(3,27)28)18-10-5-4-6-11-18/h4-8,10-13,17,21H,9,14-16H2,1-3H3,(H,23,26). The molecule has 1 aliphatic rings. The number of amides is 1. The van der Waals surface area contributed by atoms with Gasteiger partial charge < -0.3 is 10.2 Å². The molecule has 2 atom stereocenters. The van der Waals surface area contributed by atoms with E-state index in [1.54, 1.807) is 24.3 Å². The van der Waals surface area contributed by atoms with Gasteiger partial charge in [0.15, 0.2) is 0 Å². The molecular formula is C22H29N3O3S. The van der Waals surface area contributed by atoms with Gasteiger partial charge in [-0.3, -0.25) is 4.79 Å². The maximum Gasteiger partial charge on any atom is 0.242 e. The summed E-state index contributed by atoms with van der Waals surface area (Å²) >= 11 is 0. The molecule has 0 saturated heterocycles. The van der Waals surface area contributed by atoms with E-state index in [2.05, 4.69) is 41.4 Å². The van der Waals surface area contributed by atoms with Gasteiger partial charge in [0.1, 0.15) is 6.04 Å². The van der Waals surface area contributed by atoms with Gasteiger partial charge in [0.05, 0.1) is 6.26 Å². The van der Waals surface area contributed by atoms with Gasteiger partial charge in [-0.05, 0) is 37.0 Å². The smallest absolute Gasteiger partial charge is 0.242 e. The second kappa shape index (κ2) is 8.97. The highest BCUT2D eigenvalue weighted by Gasteiger charge is 2.30. The number of fused-ring (bicyclic) bond motifs is 1. The molecule has 3 rings (SSSR count). The van der Waals surface area contributed by atoms with E-state index >= 15 is 0 Å². The Labute approximate surface area is 173 Å². The zero-order valence-electron chi connectivity index (χ0n) is 17.2. The Hall–Kier alpha value is -2.38. The first-order chi connectivity index (χ1) is 13.8. The van der Waals surface area contributed by atoms with E-state index in [1.165, 1.54) is 18.3 Å². The number of anilines is 1. The highest BCUT2D eigenvalue weighted by molar-refractivity contribution is 7.88. The van der Waals surface area contributed by atoms with Gasteiger partial charge in [0.2, 0.25) is 15.9 Å². The third-order valence-electron chi connectivity index (χ3n) is 5.47. The molecule has 2 aromatic carbocycles. The van der Waals surface area contributed by atoms with E-state index in [-0.39, 0.29) is 5.91 Å². The summed E-state index contributed by atoms with van der Waals surface area (Å²) in [4.78, 5) is 15.2. The molecule has 0 bridgehead atoms. The minimum atomic E-state index is -3.52. The first kappa shape index (κ1) is 21.3. The summed E-state index contributed by atoms with van der Waals surface area (Å²) in [6, 6.07) is 17.0. The topological polar surface area (TPSA) is 69.7 Å². The van der Waals surface area contributed by atoms with Crippen LogP contribution in [0.2, 0.25) is 0 Å². The van der Waals surface area contributed by atoms with E-state index in [0.717, 1.165) is 29.9 Å². The number of nitrogens with zero attached hydrogens (tertiary/aromatic N) is 2. The highest BCUT2D eigenvalue weighted by Crippen LogP contribution is 2.31. The van der Waals surface area contributed by atoms with Crippen molar-refractivity contribution in [3.63, 3.8) is 0 Å². The van der Waals surface area contributed by atoms with Crippen molar-refractivity contribution in [2.45, 2.75) is 31.8 Å². The molecule has 2 aromatic rings. The monoisotopic (exact) mass is 415 g/mol. The van der Waals surface area contributed by atoms with E-state index in [9.17, 15) is 13.2 Å². The van der Waals surface area contributed by atoms with Crippen molar-refractivity contribution in [1.29, 1.82) is 0 Å². The number of para-hydroxylation sites is 1. The Balaban J connectivity index is 1.61. The number of benzene rings is 2. The molecule has 0 radical (unpaired) electrons. The number of likely N-dealkylation sites (N-methyl/N-ethyl adjacent to an activating group) is 1. The van der Waals surface area contributed by atoms with E-state index in [4.69, 9.17) is 0 Å². The predicted octanol–water partition coefficient (Wildman–Crippen LogP) is 2.58. The van der Waals surface area contributed by atoms with Crippen LogP contribution in [0.4, 0.5) is 5.69 Å². The van der Waals surface area contributed by atoms with Crippen LogP contribution in [0.1, 0.15) is 30.5 Å². The van der Waals surface area contributed by atoms with Gasteiger partial charge in [-0.2, -0.15) is 4.31 Å². The van der Waals surface area contributed by atoms with Crippen molar-refractivity contribution >= 4 is 21.6 Å². The number of carbonyl (C=O) groups is 1. The molecule has 2 unspecified atom stereocenters. The van der Waals surface area contributed by atoms with Crippen LogP contribution < -0.4 is 10.2 Å². The van der Waals surface area contributed by atoms with Crippen LogP contribution in [0, 0.1) is 0 Å². The fourth-order valence-corrected chi connectivity index (χ4v) is 4.48. The lowest BCUT2D eigenvalue weighted by molar-refractivity contribution is -0.124. The summed E-state index contributed by atoms with van der Waals surface area (Å²) in [5.74, 6) is -0.306. The van der Waals surface area contributed by atoms with Crippen molar-refractivity contribution in [2.75, 3.05) is 31.3 Å². The van der Waals surface area contributed by atoms with Crippen molar-refractivity contribution in [3.05, 3.63) is 65.7 Å². The Morgan fingerprint density at radius 1 is 1.17 bits per heavy atom. The number of carbonyl (C=O) groups excluding carboxylic acids is 1. The van der Waals surface area contributed by atoms with Crippen molar-refractivity contribution in [3.8, 4) is 0 Å². The third-order valence-corrected chi connectivity index (χ3v) is 6.73. The summed E-state index contributed by atoms with van der Waals surface area (Å²) in [5, 5.41) is 2.93. The molecule has 1 aliphatic heterocycles. The molecule has 156 valence electrons. The largest absolute Gasteiger partial charge is 0.368 e. The SMILES string of the molecule is CC1Cc2ccccc2N1CCCNC(=O)C(c1ccccc1)N(C)S(C)(=O)=O. The molecule has 1 N–H and O–H groups in total. The molecule has 1 heterocycles. The molecule has 1 amide bonds. The van der Waals surface area contributed by atoms with E-state index in [1.807, 2.05) is 6.07 Å². The molecule has 7 heteroatoms. The zero-order valence-corrected chi connectivity index (χ0v) is 18.0. The Morgan fingerprint density at radius 3 is 2.52 bits per heavy atom. The van der Waals surface area contributed by atoms with Gasteiger partial charge in [-0.15, -0.1) is 0 Å². The van der Waals surface area contributed by atoms with Crippen LogP contribution in [-0.4, -0.2) is 51.1 Å². The number of rotatable bonds is 8. The summed E-state index contributed by atoms with van der Waals surface area (Å²) in [6.07, 6.45) is 2.94. The van der Waals surface area contributed by atoms with Crippen LogP contribution in [0.25, 0.3) is 0 Å². The van der Waals surface area contributed by atoms with Gasteiger partial charge in [-0.25, -0.2) is 8.42 Å². The highest BCUT2D eigenvalue weighted by atomic mass is 32.2. The quantitative estimate of drug-likeness (QED) is 0.673. The summed E-state index contributed by atoms with van der Waals surface area (Å²) < 4.78 is 25.2. The maximum atomic E-state index is 12.9. The van der Waals surface area contributed by atoms with Gasteiger partial charge in [0.25, 0.3) is 0 Å². The average Bonchev–Trinajstić information content (AvgIpc) is 3.00. The molecule has 0 spiro atoms. The molecule has 0 aliphatic carbocycles. The van der Waals surface area contributed by atoms with Gasteiger partial charge in [-0.1, -0.05) is 48.5 Å². The van der Waals surface area contributed by atoms with Crippen molar-refractivity contribution < 1.29 is 13.2 Å². The minimum absolute atomic E-state index is 0.306. The van der Waals surface area contributed by atoms with Crippen LogP contribution in [0.15, 0.2) is 54.6 Å². The van der Waals surface area contributed by atoms with Crippen molar-refractivity contribution in [1.82, 2.24) is 9.62 Å². The molecule has 0 fully saturated rings. The van der Waals surface area contributed by atoms with Gasteiger partial charge >= 0.3 is 0 Å².